The molecule has 3 rings (SSSR count). The molecule has 1 aromatic carbocycles. The number of rotatable bonds is 0. The minimum absolute atomic E-state index is 0.251. The molecule has 3 heteroatoms. The fourth-order valence-electron chi connectivity index (χ4n) is 3.38. The Balaban J connectivity index is 1.91. The minimum atomic E-state index is -0.251. The summed E-state index contributed by atoms with van der Waals surface area (Å²) in [6, 6.07) is 8.81. The molecular weight excluding hydrogens is 212 g/mol. The van der Waals surface area contributed by atoms with Crippen molar-refractivity contribution in [2.45, 2.75) is 37.6 Å². The number of hydrogen-bond acceptors (Lipinski definition) is 1. The molecule has 2 bridgehead atoms. The molecule has 90 valence electrons. The topological polar surface area (TPSA) is 46.3 Å². The molecule has 2 unspecified atom stereocenters. The number of carbonyl (C=O) groups is 1. The zero-order chi connectivity index (χ0) is 11.8. The Morgan fingerprint density at radius 1 is 1.29 bits per heavy atom. The van der Waals surface area contributed by atoms with Crippen LogP contribution in [0.25, 0.3) is 0 Å². The number of hydrogen-bond donors (Lipinski definition) is 1. The van der Waals surface area contributed by atoms with E-state index >= 15 is 0 Å². The number of amides is 2. The van der Waals surface area contributed by atoms with Gasteiger partial charge in [0, 0.05) is 12.6 Å². The SMILES string of the molecule is NC(=O)N1CCC2CC1CCc1ccccc12. The zero-order valence-corrected chi connectivity index (χ0v) is 9.93. The number of carbonyl (C=O) groups excluding carboxylic acids is 1. The maximum absolute atomic E-state index is 11.4. The lowest BCUT2D eigenvalue weighted by Crippen LogP contribution is -2.47. The van der Waals surface area contributed by atoms with Crippen molar-refractivity contribution in [2.75, 3.05) is 6.54 Å². The number of likely N-dealkylation sites (tertiary alicyclic amines) is 1. The van der Waals surface area contributed by atoms with Crippen LogP contribution in [-0.4, -0.2) is 23.5 Å². The van der Waals surface area contributed by atoms with E-state index in [0.29, 0.717) is 12.0 Å². The second-order valence-corrected chi connectivity index (χ2v) is 5.14. The molecule has 0 aromatic heterocycles. The average Bonchev–Trinajstić information content (AvgIpc) is 2.48. The van der Waals surface area contributed by atoms with Crippen LogP contribution >= 0.6 is 0 Å². The molecule has 1 fully saturated rings. The summed E-state index contributed by atoms with van der Waals surface area (Å²) in [4.78, 5) is 13.3. The first-order valence-electron chi connectivity index (χ1n) is 6.39. The summed E-state index contributed by atoms with van der Waals surface area (Å²) in [5.74, 6) is 0.620. The van der Waals surface area contributed by atoms with Gasteiger partial charge in [-0.1, -0.05) is 24.3 Å². The summed E-state index contributed by atoms with van der Waals surface area (Å²) in [7, 11) is 0. The van der Waals surface area contributed by atoms with Gasteiger partial charge in [-0.15, -0.1) is 0 Å². The molecular formula is C14H18N2O. The van der Waals surface area contributed by atoms with Crippen LogP contribution in [0.15, 0.2) is 24.3 Å². The predicted octanol–water partition coefficient (Wildman–Crippen LogP) is 2.26. The normalized spacial score (nSPS) is 27.2. The lowest BCUT2D eigenvalue weighted by atomic mass is 9.86. The molecule has 2 N–H and O–H groups in total. The standard InChI is InChI=1S/C14H18N2O/c15-14(17)16-8-7-11-9-12(16)6-5-10-3-1-2-4-13(10)11/h1-4,11-12H,5-9H2,(H2,15,17). The van der Waals surface area contributed by atoms with Crippen LogP contribution in [0.5, 0.6) is 0 Å². The predicted molar refractivity (Wildman–Crippen MR) is 66.8 cm³/mol. The second-order valence-electron chi connectivity index (χ2n) is 5.14. The van der Waals surface area contributed by atoms with Gasteiger partial charge in [0.1, 0.15) is 0 Å². The number of benzene rings is 1. The van der Waals surface area contributed by atoms with Crippen molar-refractivity contribution in [1.29, 1.82) is 0 Å². The van der Waals surface area contributed by atoms with Gasteiger partial charge in [0.25, 0.3) is 0 Å². The number of fused-ring (bicyclic) bond motifs is 4. The fraction of sp³-hybridized carbons (Fsp3) is 0.500. The molecule has 0 spiro atoms. The van der Waals surface area contributed by atoms with E-state index in [1.807, 2.05) is 4.90 Å². The fourth-order valence-corrected chi connectivity index (χ4v) is 3.38. The Morgan fingerprint density at radius 3 is 2.94 bits per heavy atom. The van der Waals surface area contributed by atoms with Gasteiger partial charge in [-0.3, -0.25) is 0 Å². The van der Waals surface area contributed by atoms with Crippen LogP contribution in [0.1, 0.15) is 36.3 Å². The first-order chi connectivity index (χ1) is 8.25. The van der Waals surface area contributed by atoms with E-state index in [-0.39, 0.29) is 6.03 Å². The molecule has 3 nitrogen and oxygen atoms in total. The molecule has 2 aliphatic rings. The molecule has 2 atom stereocenters. The van der Waals surface area contributed by atoms with Gasteiger partial charge in [0.15, 0.2) is 0 Å². The van der Waals surface area contributed by atoms with Gasteiger partial charge in [0.2, 0.25) is 0 Å². The largest absolute Gasteiger partial charge is 0.351 e. The summed E-state index contributed by atoms with van der Waals surface area (Å²) in [5.41, 5.74) is 8.41. The highest BCUT2D eigenvalue weighted by Crippen LogP contribution is 2.38. The summed E-state index contributed by atoms with van der Waals surface area (Å²) < 4.78 is 0. The lowest BCUT2D eigenvalue weighted by Gasteiger charge is -2.37. The Morgan fingerprint density at radius 2 is 2.12 bits per heavy atom. The van der Waals surface area contributed by atoms with E-state index in [2.05, 4.69) is 24.3 Å². The van der Waals surface area contributed by atoms with Gasteiger partial charge in [-0.2, -0.15) is 0 Å². The summed E-state index contributed by atoms with van der Waals surface area (Å²) >= 11 is 0. The smallest absolute Gasteiger partial charge is 0.315 e. The van der Waals surface area contributed by atoms with Crippen LogP contribution < -0.4 is 5.73 Å². The number of nitrogens with two attached hydrogens (primary N) is 1. The quantitative estimate of drug-likeness (QED) is 0.730. The molecule has 1 heterocycles. The van der Waals surface area contributed by atoms with Crippen molar-refractivity contribution >= 4 is 6.03 Å². The molecule has 0 radical (unpaired) electrons. The van der Waals surface area contributed by atoms with E-state index in [9.17, 15) is 4.79 Å². The lowest BCUT2D eigenvalue weighted by molar-refractivity contribution is 0.149. The maximum atomic E-state index is 11.4. The summed E-state index contributed by atoms with van der Waals surface area (Å²) in [6.45, 7) is 0.818. The third-order valence-corrected chi connectivity index (χ3v) is 4.24. The minimum Gasteiger partial charge on any atom is -0.351 e. The van der Waals surface area contributed by atoms with Crippen LogP contribution in [0.3, 0.4) is 0 Å². The van der Waals surface area contributed by atoms with Crippen molar-refractivity contribution in [3.8, 4) is 0 Å². The maximum Gasteiger partial charge on any atom is 0.315 e. The van der Waals surface area contributed by atoms with E-state index in [0.717, 1.165) is 32.2 Å². The molecule has 1 aliphatic carbocycles. The zero-order valence-electron chi connectivity index (χ0n) is 9.93. The van der Waals surface area contributed by atoms with Crippen molar-refractivity contribution in [3.05, 3.63) is 35.4 Å². The van der Waals surface area contributed by atoms with Crippen LogP contribution in [-0.2, 0) is 6.42 Å². The van der Waals surface area contributed by atoms with Crippen molar-refractivity contribution in [1.82, 2.24) is 4.90 Å². The first kappa shape index (κ1) is 10.6. The Kier molecular flexibility index (Phi) is 2.54. The molecule has 1 saturated heterocycles. The van der Waals surface area contributed by atoms with Crippen LogP contribution in [0.2, 0.25) is 0 Å². The summed E-state index contributed by atoms with van der Waals surface area (Å²) in [5, 5.41) is 0. The number of urea groups is 1. The number of nitrogens with zero attached hydrogens (tertiary/aromatic N) is 1. The van der Waals surface area contributed by atoms with Crippen molar-refractivity contribution < 1.29 is 4.79 Å². The van der Waals surface area contributed by atoms with E-state index in [1.54, 1.807) is 0 Å². The van der Waals surface area contributed by atoms with Crippen molar-refractivity contribution in [3.63, 3.8) is 0 Å². The molecule has 1 aliphatic heterocycles. The second kappa shape index (κ2) is 4.06. The van der Waals surface area contributed by atoms with Gasteiger partial charge in [-0.25, -0.2) is 4.79 Å². The Bertz CT molecular complexity index is 444. The highest BCUT2D eigenvalue weighted by Gasteiger charge is 2.33. The van der Waals surface area contributed by atoms with Crippen molar-refractivity contribution in [2.24, 2.45) is 5.73 Å². The van der Waals surface area contributed by atoms with Gasteiger partial charge >= 0.3 is 6.03 Å². The van der Waals surface area contributed by atoms with Gasteiger partial charge < -0.3 is 10.6 Å². The van der Waals surface area contributed by atoms with Gasteiger partial charge in [-0.05, 0) is 42.7 Å². The molecule has 1 aromatic rings. The van der Waals surface area contributed by atoms with Crippen LogP contribution in [0, 0.1) is 0 Å². The number of piperidine rings is 1. The summed E-state index contributed by atoms with van der Waals surface area (Å²) in [6.07, 6.45) is 4.26. The molecule has 17 heavy (non-hydrogen) atoms. The van der Waals surface area contributed by atoms with E-state index in [1.165, 1.54) is 11.1 Å². The third-order valence-electron chi connectivity index (χ3n) is 4.24. The Labute approximate surface area is 102 Å². The van der Waals surface area contributed by atoms with E-state index in [4.69, 9.17) is 5.73 Å². The molecule has 2 amide bonds. The third kappa shape index (κ3) is 1.79. The first-order valence-corrected chi connectivity index (χ1v) is 6.39. The number of primary amides is 1. The monoisotopic (exact) mass is 230 g/mol. The number of aryl methyl sites for hydroxylation is 1. The average molecular weight is 230 g/mol. The highest BCUT2D eigenvalue weighted by molar-refractivity contribution is 5.72. The van der Waals surface area contributed by atoms with E-state index < -0.39 is 0 Å². The molecule has 0 saturated carbocycles. The van der Waals surface area contributed by atoms with Gasteiger partial charge in [0.05, 0.1) is 0 Å². The Hall–Kier alpha value is -1.51. The van der Waals surface area contributed by atoms with Crippen LogP contribution in [0.4, 0.5) is 4.79 Å². The highest BCUT2D eigenvalue weighted by atomic mass is 16.2.